The van der Waals surface area contributed by atoms with Gasteiger partial charge >= 0.3 is 6.18 Å². The molecule has 0 aromatic heterocycles. The lowest BCUT2D eigenvalue weighted by atomic mass is 10.1. The third-order valence-electron chi connectivity index (χ3n) is 1.11. The number of ketones is 1. The fourth-order valence-corrected chi connectivity index (χ4v) is 0.820. The Morgan fingerprint density at radius 1 is 1.29 bits per heavy atom. The summed E-state index contributed by atoms with van der Waals surface area (Å²) in [6.07, 6.45) is -3.83. The van der Waals surface area contributed by atoms with Crippen LogP contribution in [-0.2, 0) is 4.79 Å². The first-order valence-electron chi connectivity index (χ1n) is 3.79. The molecule has 0 unspecified atom stereocenters. The van der Waals surface area contributed by atoms with Crippen LogP contribution in [-0.4, -0.2) is 17.5 Å². The third kappa shape index (κ3) is 5.26. The van der Waals surface area contributed by atoms with Crippen molar-refractivity contribution >= 4 is 21.7 Å². The van der Waals surface area contributed by atoms with Crippen LogP contribution in [0.4, 0.5) is 13.2 Å². The zero-order valence-corrected chi connectivity index (χ0v) is 9.58. The Hall–Kier alpha value is -0.520. The van der Waals surface area contributed by atoms with Crippen LogP contribution in [0.5, 0.6) is 0 Å². The van der Waals surface area contributed by atoms with E-state index in [0.29, 0.717) is 0 Å². The van der Waals surface area contributed by atoms with Crippen LogP contribution in [0.25, 0.3) is 0 Å². The van der Waals surface area contributed by atoms with Crippen molar-refractivity contribution in [2.45, 2.75) is 32.5 Å². The molecule has 82 valence electrons. The summed E-state index contributed by atoms with van der Waals surface area (Å²) in [7, 11) is 0. The maximum atomic E-state index is 11.9. The molecule has 0 atom stereocenters. The first kappa shape index (κ1) is 13.5. The molecule has 0 rings (SSSR count). The quantitative estimate of drug-likeness (QED) is 0.784. The molecule has 2 nitrogen and oxygen atoms in total. The maximum absolute atomic E-state index is 11.9. The van der Waals surface area contributed by atoms with Crippen molar-refractivity contribution in [1.29, 1.82) is 0 Å². The topological polar surface area (TPSA) is 29.1 Å². The summed E-state index contributed by atoms with van der Waals surface area (Å²) in [5.41, 5.74) is -0.384. The number of hydrogen-bond acceptors (Lipinski definition) is 2. The Balaban J connectivity index is 4.49. The van der Waals surface area contributed by atoms with Crippen molar-refractivity contribution in [2.24, 2.45) is 0 Å². The van der Waals surface area contributed by atoms with Gasteiger partial charge in [-0.3, -0.25) is 4.79 Å². The second-order valence-corrected chi connectivity index (χ2v) is 4.57. The lowest BCUT2D eigenvalue weighted by Gasteiger charge is -2.19. The van der Waals surface area contributed by atoms with Crippen molar-refractivity contribution in [3.05, 3.63) is 10.7 Å². The summed E-state index contributed by atoms with van der Waals surface area (Å²) in [6, 6.07) is 0. The van der Waals surface area contributed by atoms with Crippen LogP contribution in [0.3, 0.4) is 0 Å². The van der Waals surface area contributed by atoms with E-state index in [1.807, 2.05) is 0 Å². The largest absolute Gasteiger partial charge is 0.455 e. The SMILES string of the molecule is CC(C)(C)N/C=C(/Br)C(=O)C(F)(F)F. The fourth-order valence-electron chi connectivity index (χ4n) is 0.481. The number of rotatable bonds is 2. The molecule has 0 spiro atoms. The minimum absolute atomic E-state index is 0.384. The van der Waals surface area contributed by atoms with Crippen molar-refractivity contribution in [3.8, 4) is 0 Å². The van der Waals surface area contributed by atoms with Gasteiger partial charge in [-0.2, -0.15) is 13.2 Å². The number of allylic oxidation sites excluding steroid dienone is 1. The zero-order valence-electron chi connectivity index (χ0n) is 8.00. The van der Waals surface area contributed by atoms with E-state index >= 15 is 0 Å². The minimum atomic E-state index is -4.84. The molecule has 0 amide bonds. The molecule has 0 bridgehead atoms. The Morgan fingerprint density at radius 2 is 1.71 bits per heavy atom. The van der Waals surface area contributed by atoms with Gasteiger partial charge < -0.3 is 5.32 Å². The van der Waals surface area contributed by atoms with Gasteiger partial charge in [0.25, 0.3) is 5.78 Å². The molecule has 0 aromatic carbocycles. The molecule has 14 heavy (non-hydrogen) atoms. The van der Waals surface area contributed by atoms with Gasteiger partial charge in [0.15, 0.2) is 0 Å². The molecule has 0 aromatic rings. The normalized spacial score (nSPS) is 14.1. The maximum Gasteiger partial charge on any atom is 0.455 e. The van der Waals surface area contributed by atoms with Gasteiger partial charge in [-0.05, 0) is 36.7 Å². The smallest absolute Gasteiger partial charge is 0.385 e. The highest BCUT2D eigenvalue weighted by Gasteiger charge is 2.40. The summed E-state index contributed by atoms with van der Waals surface area (Å²) in [5, 5.41) is 2.64. The highest BCUT2D eigenvalue weighted by atomic mass is 79.9. The Kier molecular flexibility index (Phi) is 4.17. The van der Waals surface area contributed by atoms with Gasteiger partial charge in [-0.25, -0.2) is 0 Å². The first-order valence-corrected chi connectivity index (χ1v) is 4.58. The fraction of sp³-hybridized carbons (Fsp3) is 0.625. The number of alkyl halides is 3. The number of Topliss-reactive ketones (excluding diaryl/α,β-unsaturated/α-hetero) is 1. The second kappa shape index (κ2) is 4.33. The van der Waals surface area contributed by atoms with E-state index in [2.05, 4.69) is 21.2 Å². The molecular weight excluding hydrogens is 263 g/mol. The molecule has 0 aliphatic carbocycles. The average molecular weight is 274 g/mol. The Morgan fingerprint density at radius 3 is 2.00 bits per heavy atom. The van der Waals surface area contributed by atoms with Crippen LogP contribution < -0.4 is 5.32 Å². The molecule has 6 heteroatoms. The van der Waals surface area contributed by atoms with E-state index in [4.69, 9.17) is 0 Å². The Bertz CT molecular complexity index is 252. The molecule has 0 aliphatic rings. The van der Waals surface area contributed by atoms with Gasteiger partial charge in [-0.1, -0.05) is 0 Å². The van der Waals surface area contributed by atoms with Crippen LogP contribution >= 0.6 is 15.9 Å². The van der Waals surface area contributed by atoms with E-state index in [1.165, 1.54) is 0 Å². The lowest BCUT2D eigenvalue weighted by molar-refractivity contribution is -0.165. The van der Waals surface area contributed by atoms with Crippen molar-refractivity contribution in [2.75, 3.05) is 0 Å². The predicted octanol–water partition coefficient (Wildman–Crippen LogP) is 2.74. The molecule has 0 fully saturated rings. The monoisotopic (exact) mass is 273 g/mol. The van der Waals surface area contributed by atoms with Gasteiger partial charge in [-0.15, -0.1) is 0 Å². The van der Waals surface area contributed by atoms with E-state index in [0.717, 1.165) is 6.20 Å². The summed E-state index contributed by atoms with van der Waals surface area (Å²) in [5.74, 6) is -1.89. The minimum Gasteiger partial charge on any atom is -0.385 e. The molecule has 0 saturated heterocycles. The second-order valence-electron chi connectivity index (χ2n) is 3.71. The third-order valence-corrected chi connectivity index (χ3v) is 1.70. The summed E-state index contributed by atoms with van der Waals surface area (Å²) in [6.45, 7) is 5.30. The van der Waals surface area contributed by atoms with Crippen LogP contribution in [0.2, 0.25) is 0 Å². The first-order chi connectivity index (χ1) is 6.04. The average Bonchev–Trinajstić information content (AvgIpc) is 1.95. The Labute approximate surface area is 88.7 Å². The number of halogens is 4. The van der Waals surface area contributed by atoms with Gasteiger partial charge in [0, 0.05) is 11.7 Å². The van der Waals surface area contributed by atoms with E-state index in [9.17, 15) is 18.0 Å². The molecular formula is C8H11BrF3NO. The molecule has 0 radical (unpaired) electrons. The van der Waals surface area contributed by atoms with Gasteiger partial charge in [0.1, 0.15) is 0 Å². The van der Waals surface area contributed by atoms with Crippen LogP contribution in [0.15, 0.2) is 10.7 Å². The molecule has 0 aliphatic heterocycles. The summed E-state index contributed by atoms with van der Waals surface area (Å²) < 4.78 is 35.1. The standard InChI is InChI=1S/C8H11BrF3NO/c1-7(2,3)13-4-5(9)6(14)8(10,11)12/h4,13H,1-3H3/b5-4+. The molecule has 1 N–H and O–H groups in total. The molecule has 0 saturated carbocycles. The highest BCUT2D eigenvalue weighted by molar-refractivity contribution is 9.12. The number of hydrogen-bond donors (Lipinski definition) is 1. The van der Waals surface area contributed by atoms with Crippen molar-refractivity contribution < 1.29 is 18.0 Å². The van der Waals surface area contributed by atoms with Gasteiger partial charge in [0.05, 0.1) is 4.48 Å². The predicted molar refractivity (Wildman–Crippen MR) is 51.0 cm³/mol. The molecule has 0 heterocycles. The highest BCUT2D eigenvalue weighted by Crippen LogP contribution is 2.23. The lowest BCUT2D eigenvalue weighted by Crippen LogP contribution is -2.32. The summed E-state index contributed by atoms with van der Waals surface area (Å²) >= 11 is 2.56. The number of nitrogens with one attached hydrogen (secondary N) is 1. The van der Waals surface area contributed by atoms with E-state index in [-0.39, 0.29) is 5.54 Å². The van der Waals surface area contributed by atoms with Crippen molar-refractivity contribution in [3.63, 3.8) is 0 Å². The summed E-state index contributed by atoms with van der Waals surface area (Å²) in [4.78, 5) is 10.6. The van der Waals surface area contributed by atoms with Crippen molar-refractivity contribution in [1.82, 2.24) is 5.32 Å². The number of carbonyl (C=O) groups excluding carboxylic acids is 1. The number of carbonyl (C=O) groups is 1. The zero-order chi connectivity index (χ0) is 11.6. The van der Waals surface area contributed by atoms with E-state index in [1.54, 1.807) is 20.8 Å². The van der Waals surface area contributed by atoms with Crippen LogP contribution in [0, 0.1) is 0 Å². The van der Waals surface area contributed by atoms with E-state index < -0.39 is 16.4 Å². The van der Waals surface area contributed by atoms with Gasteiger partial charge in [0.2, 0.25) is 0 Å². The van der Waals surface area contributed by atoms with Crippen LogP contribution in [0.1, 0.15) is 20.8 Å².